The summed E-state index contributed by atoms with van der Waals surface area (Å²) in [5.41, 5.74) is 6.61. The molecule has 1 heterocycles. The first-order valence-corrected chi connectivity index (χ1v) is 6.66. The van der Waals surface area contributed by atoms with E-state index in [0.717, 1.165) is 22.8 Å². The molecule has 1 aromatic heterocycles. The van der Waals surface area contributed by atoms with E-state index < -0.39 is 0 Å². The summed E-state index contributed by atoms with van der Waals surface area (Å²) in [5.74, 6) is 2.52. The first kappa shape index (κ1) is 12.8. The Morgan fingerprint density at radius 3 is 2.60 bits per heavy atom. The lowest BCUT2D eigenvalue weighted by atomic mass is 10.1. The third kappa shape index (κ3) is 2.53. The molecule has 2 N–H and O–H groups in total. The minimum Gasteiger partial charge on any atom is -0.489 e. The Morgan fingerprint density at radius 1 is 1.05 bits per heavy atom. The fraction of sp³-hybridized carbons (Fsp3) is 0.176. The summed E-state index contributed by atoms with van der Waals surface area (Å²) in [6, 6.07) is 16.3. The second-order valence-corrected chi connectivity index (χ2v) is 4.80. The van der Waals surface area contributed by atoms with E-state index in [1.54, 1.807) is 0 Å². The van der Waals surface area contributed by atoms with Crippen molar-refractivity contribution in [1.29, 1.82) is 0 Å². The zero-order chi connectivity index (χ0) is 13.9. The maximum absolute atomic E-state index is 5.84. The van der Waals surface area contributed by atoms with Gasteiger partial charge in [0.15, 0.2) is 0 Å². The predicted octanol–water partition coefficient (Wildman–Crippen LogP) is 3.78. The van der Waals surface area contributed by atoms with E-state index in [0.29, 0.717) is 13.2 Å². The van der Waals surface area contributed by atoms with Crippen LogP contribution in [0.25, 0.3) is 10.8 Å². The molecule has 102 valence electrons. The second-order valence-electron chi connectivity index (χ2n) is 4.80. The topological polar surface area (TPSA) is 48.4 Å². The number of fused-ring (bicyclic) bond motifs is 1. The highest BCUT2D eigenvalue weighted by atomic mass is 16.5. The minimum atomic E-state index is 0.414. The Kier molecular flexibility index (Phi) is 3.44. The highest BCUT2D eigenvalue weighted by Crippen LogP contribution is 2.22. The number of nitrogens with two attached hydrogens (primary N) is 1. The van der Waals surface area contributed by atoms with Crippen molar-refractivity contribution in [3.63, 3.8) is 0 Å². The van der Waals surface area contributed by atoms with Gasteiger partial charge >= 0.3 is 0 Å². The molecule has 0 amide bonds. The molecule has 20 heavy (non-hydrogen) atoms. The summed E-state index contributed by atoms with van der Waals surface area (Å²) in [6.07, 6.45) is 0. The minimum absolute atomic E-state index is 0.414. The Hall–Kier alpha value is -2.26. The lowest BCUT2D eigenvalue weighted by molar-refractivity contribution is 0.303. The summed E-state index contributed by atoms with van der Waals surface area (Å²) in [4.78, 5) is 0. The van der Waals surface area contributed by atoms with Gasteiger partial charge in [0.2, 0.25) is 0 Å². The van der Waals surface area contributed by atoms with Crippen molar-refractivity contribution in [2.75, 3.05) is 0 Å². The van der Waals surface area contributed by atoms with Crippen LogP contribution in [0.3, 0.4) is 0 Å². The number of furan rings is 1. The van der Waals surface area contributed by atoms with E-state index in [4.69, 9.17) is 14.9 Å². The number of rotatable bonds is 4. The van der Waals surface area contributed by atoms with Crippen molar-refractivity contribution in [2.45, 2.75) is 20.1 Å². The average molecular weight is 267 g/mol. The van der Waals surface area contributed by atoms with Crippen LogP contribution in [0.5, 0.6) is 5.75 Å². The molecule has 3 rings (SSSR count). The van der Waals surface area contributed by atoms with Crippen LogP contribution < -0.4 is 10.5 Å². The molecule has 0 unspecified atom stereocenters. The quantitative estimate of drug-likeness (QED) is 0.782. The molecule has 0 spiro atoms. The fourth-order valence-electron chi connectivity index (χ4n) is 2.25. The van der Waals surface area contributed by atoms with Crippen molar-refractivity contribution >= 4 is 10.8 Å². The highest BCUT2D eigenvalue weighted by molar-refractivity contribution is 5.83. The van der Waals surface area contributed by atoms with E-state index >= 15 is 0 Å². The van der Waals surface area contributed by atoms with E-state index in [1.807, 2.05) is 31.2 Å². The molecular formula is C17H17NO2. The van der Waals surface area contributed by atoms with Crippen LogP contribution in [-0.4, -0.2) is 0 Å². The lowest BCUT2D eigenvalue weighted by Gasteiger charge is -2.06. The van der Waals surface area contributed by atoms with Crippen LogP contribution in [0.2, 0.25) is 0 Å². The molecule has 0 saturated heterocycles. The summed E-state index contributed by atoms with van der Waals surface area (Å²) < 4.78 is 11.4. The summed E-state index contributed by atoms with van der Waals surface area (Å²) in [5, 5.41) is 2.39. The Balaban J connectivity index is 1.77. The zero-order valence-electron chi connectivity index (χ0n) is 11.4. The van der Waals surface area contributed by atoms with Gasteiger partial charge in [-0.1, -0.05) is 30.3 Å². The molecule has 0 atom stereocenters. The monoisotopic (exact) mass is 267 g/mol. The molecule has 3 aromatic rings. The van der Waals surface area contributed by atoms with Gasteiger partial charge in [0.25, 0.3) is 0 Å². The number of hydrogen-bond acceptors (Lipinski definition) is 3. The molecule has 0 aliphatic rings. The SMILES string of the molecule is Cc1oc(CN)cc1COc1ccc2ccccc2c1. The van der Waals surface area contributed by atoms with Crippen LogP contribution in [-0.2, 0) is 13.2 Å². The number of benzene rings is 2. The number of hydrogen-bond donors (Lipinski definition) is 1. The van der Waals surface area contributed by atoms with E-state index in [1.165, 1.54) is 10.8 Å². The van der Waals surface area contributed by atoms with Gasteiger partial charge in [-0.3, -0.25) is 0 Å². The van der Waals surface area contributed by atoms with Crippen molar-refractivity contribution in [2.24, 2.45) is 5.73 Å². The molecule has 2 aromatic carbocycles. The van der Waals surface area contributed by atoms with Crippen LogP contribution in [0.1, 0.15) is 17.1 Å². The number of ether oxygens (including phenoxy) is 1. The maximum Gasteiger partial charge on any atom is 0.120 e. The summed E-state index contributed by atoms with van der Waals surface area (Å²) in [7, 11) is 0. The van der Waals surface area contributed by atoms with Crippen LogP contribution in [0, 0.1) is 6.92 Å². The van der Waals surface area contributed by atoms with E-state index in [-0.39, 0.29) is 0 Å². The zero-order valence-corrected chi connectivity index (χ0v) is 11.4. The summed E-state index contributed by atoms with van der Waals surface area (Å²) in [6.45, 7) is 2.84. The van der Waals surface area contributed by atoms with Gasteiger partial charge in [0.05, 0.1) is 6.54 Å². The Labute approximate surface area is 118 Å². The van der Waals surface area contributed by atoms with Crippen molar-refractivity contribution < 1.29 is 9.15 Å². The normalized spacial score (nSPS) is 10.9. The molecule has 0 aliphatic carbocycles. The Bertz CT molecular complexity index is 731. The molecule has 0 radical (unpaired) electrons. The second kappa shape index (κ2) is 5.39. The van der Waals surface area contributed by atoms with Crippen molar-refractivity contribution in [3.8, 4) is 5.75 Å². The van der Waals surface area contributed by atoms with E-state index in [2.05, 4.69) is 24.3 Å². The largest absolute Gasteiger partial charge is 0.489 e. The lowest BCUT2D eigenvalue weighted by Crippen LogP contribution is -1.96. The molecule has 3 heteroatoms. The predicted molar refractivity (Wildman–Crippen MR) is 79.6 cm³/mol. The van der Waals surface area contributed by atoms with Gasteiger partial charge in [-0.05, 0) is 35.9 Å². The molecule has 3 nitrogen and oxygen atoms in total. The van der Waals surface area contributed by atoms with Gasteiger partial charge in [-0.15, -0.1) is 0 Å². The van der Waals surface area contributed by atoms with E-state index in [9.17, 15) is 0 Å². The standard InChI is InChI=1S/C17H17NO2/c1-12-15(9-17(10-18)20-12)11-19-16-7-6-13-4-2-3-5-14(13)8-16/h2-9H,10-11,18H2,1H3. The molecule has 0 bridgehead atoms. The Morgan fingerprint density at radius 2 is 1.85 bits per heavy atom. The molecule has 0 saturated carbocycles. The maximum atomic E-state index is 5.84. The van der Waals surface area contributed by atoms with Crippen LogP contribution in [0.4, 0.5) is 0 Å². The third-order valence-electron chi connectivity index (χ3n) is 3.39. The molecule has 0 aliphatic heterocycles. The molecular weight excluding hydrogens is 250 g/mol. The van der Waals surface area contributed by atoms with Crippen LogP contribution in [0.15, 0.2) is 52.9 Å². The van der Waals surface area contributed by atoms with Crippen LogP contribution >= 0.6 is 0 Å². The smallest absolute Gasteiger partial charge is 0.120 e. The summed E-state index contributed by atoms with van der Waals surface area (Å²) >= 11 is 0. The van der Waals surface area contributed by atoms with Crippen molar-refractivity contribution in [1.82, 2.24) is 0 Å². The number of aryl methyl sites for hydroxylation is 1. The average Bonchev–Trinajstić information content (AvgIpc) is 2.85. The first-order chi connectivity index (χ1) is 9.76. The third-order valence-corrected chi connectivity index (χ3v) is 3.39. The van der Waals surface area contributed by atoms with Gasteiger partial charge < -0.3 is 14.9 Å². The van der Waals surface area contributed by atoms with Gasteiger partial charge in [-0.2, -0.15) is 0 Å². The van der Waals surface area contributed by atoms with Crippen molar-refractivity contribution in [3.05, 3.63) is 65.6 Å². The molecule has 0 fully saturated rings. The van der Waals surface area contributed by atoms with Gasteiger partial charge in [0.1, 0.15) is 23.9 Å². The van der Waals surface area contributed by atoms with Gasteiger partial charge in [-0.25, -0.2) is 0 Å². The van der Waals surface area contributed by atoms with Gasteiger partial charge in [0, 0.05) is 5.56 Å². The first-order valence-electron chi connectivity index (χ1n) is 6.66. The fourth-order valence-corrected chi connectivity index (χ4v) is 2.25. The highest BCUT2D eigenvalue weighted by Gasteiger charge is 2.07.